The molecule has 1 aliphatic carbocycles. The summed E-state index contributed by atoms with van der Waals surface area (Å²) >= 11 is 0. The molecule has 0 aromatic heterocycles. The van der Waals surface area contributed by atoms with Crippen LogP contribution in [0.3, 0.4) is 0 Å². The van der Waals surface area contributed by atoms with Crippen LogP contribution in [0.5, 0.6) is 0 Å². The number of benzene rings is 2. The zero-order valence-corrected chi connectivity index (χ0v) is 18.6. The molecule has 1 aliphatic heterocycles. The maximum Gasteiger partial charge on any atom is 0.228 e. The van der Waals surface area contributed by atoms with Crippen molar-refractivity contribution in [2.45, 2.75) is 33.1 Å². The first-order valence-electron chi connectivity index (χ1n) is 11.3. The van der Waals surface area contributed by atoms with Crippen LogP contribution in [-0.4, -0.2) is 36.3 Å². The Morgan fingerprint density at radius 2 is 2.00 bits per heavy atom. The van der Waals surface area contributed by atoms with Crippen molar-refractivity contribution in [3.63, 3.8) is 0 Å². The molecule has 4 rings (SSSR count). The van der Waals surface area contributed by atoms with Crippen LogP contribution in [0.2, 0.25) is 0 Å². The van der Waals surface area contributed by atoms with Crippen molar-refractivity contribution >= 4 is 11.8 Å². The summed E-state index contributed by atoms with van der Waals surface area (Å²) in [7, 11) is 0. The van der Waals surface area contributed by atoms with Gasteiger partial charge in [-0.1, -0.05) is 67.1 Å². The van der Waals surface area contributed by atoms with E-state index in [-0.39, 0.29) is 17.7 Å². The van der Waals surface area contributed by atoms with E-state index in [1.807, 2.05) is 17.0 Å². The molecule has 4 heteroatoms. The van der Waals surface area contributed by atoms with Gasteiger partial charge in [-0.05, 0) is 48.8 Å². The molecule has 0 spiro atoms. The van der Waals surface area contributed by atoms with E-state index in [0.29, 0.717) is 38.4 Å². The van der Waals surface area contributed by atoms with E-state index in [1.165, 1.54) is 5.56 Å². The van der Waals surface area contributed by atoms with Crippen molar-refractivity contribution in [1.29, 1.82) is 0 Å². The monoisotopic (exact) mass is 416 g/mol. The van der Waals surface area contributed by atoms with E-state index < -0.39 is 5.41 Å². The van der Waals surface area contributed by atoms with Crippen molar-refractivity contribution < 1.29 is 9.59 Å². The van der Waals surface area contributed by atoms with Gasteiger partial charge >= 0.3 is 0 Å². The van der Waals surface area contributed by atoms with Crippen LogP contribution in [-0.2, 0) is 16.0 Å². The van der Waals surface area contributed by atoms with Gasteiger partial charge < -0.3 is 10.2 Å². The van der Waals surface area contributed by atoms with Gasteiger partial charge in [-0.25, -0.2) is 0 Å². The Bertz CT molecular complexity index is 998. The van der Waals surface area contributed by atoms with Gasteiger partial charge in [0.2, 0.25) is 11.8 Å². The molecule has 2 aromatic rings. The highest BCUT2D eigenvalue weighted by molar-refractivity contribution is 5.87. The second kappa shape index (κ2) is 8.70. The molecule has 1 saturated heterocycles. The van der Waals surface area contributed by atoms with Gasteiger partial charge in [-0.15, -0.1) is 6.58 Å². The number of hydrogen-bond donors (Lipinski definition) is 1. The maximum absolute atomic E-state index is 13.4. The Kier molecular flexibility index (Phi) is 5.99. The van der Waals surface area contributed by atoms with E-state index in [2.05, 4.69) is 62.1 Å². The number of rotatable bonds is 7. The first-order valence-corrected chi connectivity index (χ1v) is 11.3. The highest BCUT2D eigenvalue weighted by Crippen LogP contribution is 2.43. The highest BCUT2D eigenvalue weighted by atomic mass is 16.2. The zero-order valence-electron chi connectivity index (χ0n) is 18.6. The van der Waals surface area contributed by atoms with E-state index in [0.717, 1.165) is 23.1 Å². The third kappa shape index (κ3) is 4.43. The molecule has 31 heavy (non-hydrogen) atoms. The third-order valence-corrected chi connectivity index (χ3v) is 6.86. The number of carbonyl (C=O) groups is 2. The molecular formula is C27H32N2O2. The van der Waals surface area contributed by atoms with Gasteiger partial charge in [-0.2, -0.15) is 0 Å². The molecular weight excluding hydrogens is 384 g/mol. The normalized spacial score (nSPS) is 24.6. The van der Waals surface area contributed by atoms with Crippen LogP contribution >= 0.6 is 0 Å². The largest absolute Gasteiger partial charge is 0.352 e. The number of aryl methyl sites for hydroxylation is 1. The molecule has 0 radical (unpaired) electrons. The summed E-state index contributed by atoms with van der Waals surface area (Å²) in [4.78, 5) is 28.2. The first-order chi connectivity index (χ1) is 14.9. The number of nitrogens with one attached hydrogen (secondary N) is 1. The lowest BCUT2D eigenvalue weighted by atomic mass is 9.78. The van der Waals surface area contributed by atoms with Crippen LogP contribution in [0, 0.1) is 24.2 Å². The number of amides is 2. The molecule has 2 aromatic carbocycles. The summed E-state index contributed by atoms with van der Waals surface area (Å²) < 4.78 is 0. The Labute approximate surface area is 185 Å². The molecule has 3 atom stereocenters. The van der Waals surface area contributed by atoms with Crippen molar-refractivity contribution in [3.05, 3.63) is 72.3 Å². The van der Waals surface area contributed by atoms with E-state index in [9.17, 15) is 9.59 Å². The van der Waals surface area contributed by atoms with Crippen molar-refractivity contribution in [2.75, 3.05) is 19.6 Å². The van der Waals surface area contributed by atoms with Crippen LogP contribution in [0.1, 0.15) is 30.9 Å². The molecule has 0 bridgehead atoms. The van der Waals surface area contributed by atoms with E-state index in [4.69, 9.17) is 0 Å². The van der Waals surface area contributed by atoms with Crippen molar-refractivity contribution in [2.24, 2.45) is 17.3 Å². The molecule has 3 unspecified atom stereocenters. The van der Waals surface area contributed by atoms with Gasteiger partial charge in [0.25, 0.3) is 0 Å². The number of likely N-dealkylation sites (tertiary alicyclic amines) is 1. The molecule has 1 heterocycles. The average molecular weight is 417 g/mol. The second-order valence-electron chi connectivity index (χ2n) is 9.31. The minimum absolute atomic E-state index is 0.0191. The predicted molar refractivity (Wildman–Crippen MR) is 124 cm³/mol. The summed E-state index contributed by atoms with van der Waals surface area (Å²) in [6, 6.07) is 16.8. The van der Waals surface area contributed by atoms with Gasteiger partial charge in [0.05, 0.1) is 5.41 Å². The number of nitrogens with zero attached hydrogens (tertiary/aromatic N) is 1. The minimum atomic E-state index is -0.614. The topological polar surface area (TPSA) is 49.4 Å². The number of hydrogen-bond acceptors (Lipinski definition) is 2. The van der Waals surface area contributed by atoms with Crippen LogP contribution < -0.4 is 5.32 Å². The Balaban J connectivity index is 1.64. The molecule has 2 amide bonds. The molecule has 1 N–H and O–H groups in total. The smallest absolute Gasteiger partial charge is 0.228 e. The molecule has 2 fully saturated rings. The van der Waals surface area contributed by atoms with Crippen LogP contribution in [0.15, 0.2) is 61.2 Å². The fourth-order valence-electron chi connectivity index (χ4n) is 4.86. The first kappa shape index (κ1) is 21.4. The fourth-order valence-corrected chi connectivity index (χ4v) is 4.86. The van der Waals surface area contributed by atoms with Gasteiger partial charge in [0.15, 0.2) is 0 Å². The Hall–Kier alpha value is -2.88. The van der Waals surface area contributed by atoms with E-state index >= 15 is 0 Å². The predicted octanol–water partition coefficient (Wildman–Crippen LogP) is 4.38. The minimum Gasteiger partial charge on any atom is -0.352 e. The van der Waals surface area contributed by atoms with Gasteiger partial charge in [-0.3, -0.25) is 9.59 Å². The summed E-state index contributed by atoms with van der Waals surface area (Å²) in [6.07, 6.45) is 3.98. The maximum atomic E-state index is 13.4. The van der Waals surface area contributed by atoms with Crippen molar-refractivity contribution in [1.82, 2.24) is 10.2 Å². The van der Waals surface area contributed by atoms with Crippen LogP contribution in [0.25, 0.3) is 11.1 Å². The Morgan fingerprint density at radius 1 is 1.23 bits per heavy atom. The summed E-state index contributed by atoms with van der Waals surface area (Å²) in [5.41, 5.74) is 4.06. The van der Waals surface area contributed by atoms with E-state index in [1.54, 1.807) is 6.08 Å². The number of carbonyl (C=O) groups excluding carboxylic acids is 2. The standard InChI is InChI=1S/C27H32N2O2/c1-4-13-28-26(31)27(12-14-29(18-27)25(30)24-16-20(24)3)17-22-9-5-6-11-23(22)21-10-7-8-19(2)15-21/h4-11,15,20,24H,1,12-14,16-18H2,2-3H3,(H,28,31). The summed E-state index contributed by atoms with van der Waals surface area (Å²) in [5.74, 6) is 0.856. The van der Waals surface area contributed by atoms with Gasteiger partial charge in [0, 0.05) is 25.6 Å². The molecule has 4 nitrogen and oxygen atoms in total. The Morgan fingerprint density at radius 3 is 2.71 bits per heavy atom. The lowest BCUT2D eigenvalue weighted by Crippen LogP contribution is -2.45. The quantitative estimate of drug-likeness (QED) is 0.681. The zero-order chi connectivity index (χ0) is 22.0. The van der Waals surface area contributed by atoms with Crippen molar-refractivity contribution in [3.8, 4) is 11.1 Å². The molecule has 2 aliphatic rings. The lowest BCUT2D eigenvalue weighted by molar-refractivity contribution is -0.134. The third-order valence-electron chi connectivity index (χ3n) is 6.86. The molecule has 1 saturated carbocycles. The SMILES string of the molecule is C=CCNC(=O)C1(Cc2ccccc2-c2cccc(C)c2)CCN(C(=O)C2CC2C)C1. The fraction of sp³-hybridized carbons (Fsp3) is 0.407. The summed E-state index contributed by atoms with van der Waals surface area (Å²) in [5, 5.41) is 3.02. The molecule has 162 valence electrons. The van der Waals surface area contributed by atoms with Crippen LogP contribution in [0.4, 0.5) is 0 Å². The summed E-state index contributed by atoms with van der Waals surface area (Å²) in [6.45, 7) is 9.52. The highest BCUT2D eigenvalue weighted by Gasteiger charge is 2.49. The van der Waals surface area contributed by atoms with Gasteiger partial charge in [0.1, 0.15) is 0 Å². The average Bonchev–Trinajstić information content (AvgIpc) is 3.34. The lowest BCUT2D eigenvalue weighted by Gasteiger charge is -2.29. The second-order valence-corrected chi connectivity index (χ2v) is 9.31.